The van der Waals surface area contributed by atoms with Gasteiger partial charge in [0.1, 0.15) is 0 Å². The predicted octanol–water partition coefficient (Wildman–Crippen LogP) is 4.16. The number of alkyl halides is 2. The molecule has 208 valence electrons. The molecule has 0 saturated carbocycles. The molecular formula is C28H40F2N6O2. The number of rotatable bonds is 11. The molecule has 38 heavy (non-hydrogen) atoms. The maximum Gasteiger partial charge on any atom is 0.261 e. The minimum absolute atomic E-state index is 0. The van der Waals surface area contributed by atoms with Gasteiger partial charge in [0, 0.05) is 65.1 Å². The number of nitrogens with two attached hydrogens (primary N) is 1. The second kappa shape index (κ2) is 13.2. The van der Waals surface area contributed by atoms with Gasteiger partial charge in [0.05, 0.1) is 24.9 Å². The molecular weight excluding hydrogens is 490 g/mol. The maximum atomic E-state index is 13.5. The average molecular weight is 531 g/mol. The first kappa shape index (κ1) is 28.9. The first-order chi connectivity index (χ1) is 18.2. The Morgan fingerprint density at radius 2 is 2.08 bits per heavy atom. The number of anilines is 1. The molecule has 2 saturated heterocycles. The number of ether oxygens (including phenoxy) is 1. The monoisotopic (exact) mass is 530 g/mol. The van der Waals surface area contributed by atoms with Crippen LogP contribution < -0.4 is 16.1 Å². The number of nitrogens with one attached hydrogen (secondary N) is 1. The molecule has 1 aromatic rings. The van der Waals surface area contributed by atoms with E-state index in [0.717, 1.165) is 29.9 Å². The Morgan fingerprint density at radius 3 is 2.61 bits per heavy atom. The molecule has 0 bridgehead atoms. The highest BCUT2D eigenvalue weighted by Crippen LogP contribution is 2.27. The summed E-state index contributed by atoms with van der Waals surface area (Å²) in [6.07, 6.45) is 8.21. The Balaban J connectivity index is 0.00000533. The Labute approximate surface area is 225 Å². The van der Waals surface area contributed by atoms with E-state index in [-0.39, 0.29) is 26.2 Å². The van der Waals surface area contributed by atoms with Gasteiger partial charge in [-0.2, -0.15) is 0 Å². The fourth-order valence-electron chi connectivity index (χ4n) is 4.45. The standard InChI is InChI=1S/C28H38F2N6O2.H2/c1-5-22(18-23(6-2)34(3)16-17-35-15-13-28(29,30)20-35)32-33-27(38-4)25(19-31)21-9-11-24(12-10-21)36-14-7-8-26(36)37;/h5-6,9-12,18-19,32H,2,7-8,13-17,20,31H2,1,3-4H3;1H/b22-5+,23-18+,25-19-,33-27+;. The number of carbonyl (C=O) groups excluding carboxylic acids is 1. The van der Waals surface area contributed by atoms with Crippen LogP contribution in [0.1, 0.15) is 33.2 Å². The van der Waals surface area contributed by atoms with Crippen LogP contribution in [0.2, 0.25) is 0 Å². The zero-order valence-electron chi connectivity index (χ0n) is 22.4. The summed E-state index contributed by atoms with van der Waals surface area (Å²) in [5.74, 6) is -2.18. The number of carbonyl (C=O) groups is 1. The van der Waals surface area contributed by atoms with Crippen LogP contribution in [0.25, 0.3) is 5.57 Å². The summed E-state index contributed by atoms with van der Waals surface area (Å²) >= 11 is 0. The lowest BCUT2D eigenvalue weighted by Crippen LogP contribution is -2.33. The third kappa shape index (κ3) is 7.44. The summed E-state index contributed by atoms with van der Waals surface area (Å²) in [4.78, 5) is 17.6. The van der Waals surface area contributed by atoms with Crippen LogP contribution in [-0.4, -0.2) is 74.4 Å². The molecule has 2 heterocycles. The Kier molecular flexibility index (Phi) is 10.1. The van der Waals surface area contributed by atoms with Crippen molar-refractivity contribution in [2.24, 2.45) is 10.8 Å². The number of hydrogen-bond donors (Lipinski definition) is 2. The van der Waals surface area contributed by atoms with E-state index >= 15 is 0 Å². The molecule has 0 unspecified atom stereocenters. The fraction of sp³-hybridized carbons (Fsp3) is 0.429. The molecule has 3 rings (SSSR count). The van der Waals surface area contributed by atoms with E-state index in [4.69, 9.17) is 10.5 Å². The molecule has 3 N–H and O–H groups in total. The Hall–Kier alpha value is -3.66. The van der Waals surface area contributed by atoms with Crippen molar-refractivity contribution in [3.63, 3.8) is 0 Å². The topological polar surface area (TPSA) is 86.4 Å². The molecule has 2 aliphatic heterocycles. The quantitative estimate of drug-likeness (QED) is 0.193. The van der Waals surface area contributed by atoms with Gasteiger partial charge < -0.3 is 20.3 Å². The molecule has 0 radical (unpaired) electrons. The number of halogens is 2. The number of allylic oxidation sites excluding steroid dienone is 3. The number of benzene rings is 1. The van der Waals surface area contributed by atoms with E-state index < -0.39 is 5.92 Å². The van der Waals surface area contributed by atoms with Crippen molar-refractivity contribution >= 4 is 23.1 Å². The lowest BCUT2D eigenvalue weighted by atomic mass is 10.1. The Morgan fingerprint density at radius 1 is 1.34 bits per heavy atom. The van der Waals surface area contributed by atoms with Gasteiger partial charge in [0.2, 0.25) is 11.8 Å². The molecule has 8 nitrogen and oxygen atoms in total. The van der Waals surface area contributed by atoms with Crippen LogP contribution in [0.5, 0.6) is 0 Å². The summed E-state index contributed by atoms with van der Waals surface area (Å²) in [6, 6.07) is 7.54. The molecule has 10 heteroatoms. The zero-order chi connectivity index (χ0) is 27.7. The van der Waals surface area contributed by atoms with Crippen molar-refractivity contribution < 1.29 is 19.7 Å². The van der Waals surface area contributed by atoms with Gasteiger partial charge >= 0.3 is 0 Å². The highest BCUT2D eigenvalue weighted by atomic mass is 19.3. The number of likely N-dealkylation sites (N-methyl/N-ethyl adjacent to an activating group) is 1. The van der Waals surface area contributed by atoms with E-state index in [9.17, 15) is 13.6 Å². The number of methoxy groups -OCH3 is 1. The van der Waals surface area contributed by atoms with Gasteiger partial charge in [-0.15, -0.1) is 5.10 Å². The third-order valence-electron chi connectivity index (χ3n) is 6.71. The van der Waals surface area contributed by atoms with E-state index in [1.165, 1.54) is 13.3 Å². The Bertz CT molecular complexity index is 1120. The number of hydrazone groups is 1. The van der Waals surface area contributed by atoms with Gasteiger partial charge in [-0.25, -0.2) is 8.78 Å². The molecule has 2 aliphatic rings. The summed E-state index contributed by atoms with van der Waals surface area (Å²) < 4.78 is 32.5. The lowest BCUT2D eigenvalue weighted by molar-refractivity contribution is -0.117. The average Bonchev–Trinajstić information content (AvgIpc) is 3.50. The summed E-state index contributed by atoms with van der Waals surface area (Å²) in [6.45, 7) is 7.81. The van der Waals surface area contributed by atoms with Gasteiger partial charge in [0.15, 0.2) is 0 Å². The van der Waals surface area contributed by atoms with Crippen LogP contribution in [0.15, 0.2) is 71.8 Å². The predicted molar refractivity (Wildman–Crippen MR) is 151 cm³/mol. The minimum atomic E-state index is -2.60. The smallest absolute Gasteiger partial charge is 0.261 e. The van der Waals surface area contributed by atoms with Crippen LogP contribution in [0, 0.1) is 0 Å². The van der Waals surface area contributed by atoms with E-state index in [1.54, 1.807) is 15.9 Å². The number of hydrogen-bond acceptors (Lipinski definition) is 7. The molecule has 0 aromatic heterocycles. The highest BCUT2D eigenvalue weighted by Gasteiger charge is 2.37. The number of likely N-dealkylation sites (tertiary alicyclic amines) is 1. The normalized spacial score (nSPS) is 19.2. The molecule has 1 amide bonds. The zero-order valence-corrected chi connectivity index (χ0v) is 22.4. The second-order valence-corrected chi connectivity index (χ2v) is 9.33. The van der Waals surface area contributed by atoms with Crippen molar-refractivity contribution in [2.45, 2.75) is 32.1 Å². The highest BCUT2D eigenvalue weighted by molar-refractivity contribution is 6.19. The summed E-state index contributed by atoms with van der Waals surface area (Å²) in [5, 5.41) is 4.42. The van der Waals surface area contributed by atoms with Crippen molar-refractivity contribution in [3.8, 4) is 0 Å². The summed E-state index contributed by atoms with van der Waals surface area (Å²) in [7, 11) is 3.41. The second-order valence-electron chi connectivity index (χ2n) is 9.33. The number of nitrogens with zero attached hydrogens (tertiary/aromatic N) is 4. The molecule has 0 spiro atoms. The molecule has 0 atom stereocenters. The molecule has 1 aromatic carbocycles. The van der Waals surface area contributed by atoms with E-state index in [1.807, 2.05) is 55.3 Å². The van der Waals surface area contributed by atoms with Gasteiger partial charge in [-0.3, -0.25) is 15.1 Å². The van der Waals surface area contributed by atoms with Crippen LogP contribution >= 0.6 is 0 Å². The van der Waals surface area contributed by atoms with Crippen molar-refractivity contribution in [3.05, 3.63) is 72.2 Å². The maximum absolute atomic E-state index is 13.5. The SMILES string of the molecule is C=C/C(=C\C(=C/C)N/N=C(OC)\C(=C/N)c1ccc(N2CCCC2=O)cc1)N(C)CCN1CCC(F)(F)C1.[HH]. The fourth-order valence-corrected chi connectivity index (χ4v) is 4.45. The van der Waals surface area contributed by atoms with Gasteiger partial charge in [0.25, 0.3) is 5.92 Å². The first-order valence-corrected chi connectivity index (χ1v) is 12.7. The van der Waals surface area contributed by atoms with Crippen LogP contribution in [0.4, 0.5) is 14.5 Å². The van der Waals surface area contributed by atoms with Gasteiger partial charge in [-0.1, -0.05) is 24.8 Å². The van der Waals surface area contributed by atoms with E-state index in [0.29, 0.717) is 37.3 Å². The largest absolute Gasteiger partial charge is 0.480 e. The van der Waals surface area contributed by atoms with Crippen LogP contribution in [-0.2, 0) is 9.53 Å². The number of amides is 1. The first-order valence-electron chi connectivity index (χ1n) is 12.7. The van der Waals surface area contributed by atoms with Crippen molar-refractivity contribution in [1.82, 2.24) is 15.2 Å². The van der Waals surface area contributed by atoms with Gasteiger partial charge in [-0.05, 0) is 43.2 Å². The van der Waals surface area contributed by atoms with Crippen molar-refractivity contribution in [2.75, 3.05) is 51.8 Å². The molecule has 0 aliphatic carbocycles. The summed E-state index contributed by atoms with van der Waals surface area (Å²) in [5.41, 5.74) is 12.7. The third-order valence-corrected chi connectivity index (χ3v) is 6.71. The van der Waals surface area contributed by atoms with Crippen LogP contribution in [0.3, 0.4) is 0 Å². The van der Waals surface area contributed by atoms with E-state index in [2.05, 4.69) is 17.1 Å². The van der Waals surface area contributed by atoms with Crippen molar-refractivity contribution in [1.29, 1.82) is 0 Å². The molecule has 2 fully saturated rings. The lowest BCUT2D eigenvalue weighted by Gasteiger charge is -2.24. The minimum Gasteiger partial charge on any atom is -0.480 e.